The SMILES string of the molecule is CC(=O)CCC(=O)OCC(C)OC(C)COC(=O)CCC(C)=O. The number of hydrogen-bond acceptors (Lipinski definition) is 7. The van der Waals surface area contributed by atoms with E-state index in [1.165, 1.54) is 13.8 Å². The van der Waals surface area contributed by atoms with Gasteiger partial charge in [-0.3, -0.25) is 9.59 Å². The smallest absolute Gasteiger partial charge is 0.306 e. The van der Waals surface area contributed by atoms with Crippen LogP contribution in [-0.2, 0) is 33.4 Å². The van der Waals surface area contributed by atoms with Crippen LogP contribution in [0.5, 0.6) is 0 Å². The first kappa shape index (κ1) is 21.2. The van der Waals surface area contributed by atoms with Gasteiger partial charge in [-0.1, -0.05) is 0 Å². The lowest BCUT2D eigenvalue weighted by atomic mass is 10.2. The van der Waals surface area contributed by atoms with Gasteiger partial charge in [-0.2, -0.15) is 0 Å². The molecule has 0 aromatic carbocycles. The van der Waals surface area contributed by atoms with E-state index in [0.29, 0.717) is 0 Å². The summed E-state index contributed by atoms with van der Waals surface area (Å²) in [7, 11) is 0. The molecule has 0 saturated heterocycles. The van der Waals surface area contributed by atoms with Crippen molar-refractivity contribution in [3.05, 3.63) is 0 Å². The maximum Gasteiger partial charge on any atom is 0.306 e. The van der Waals surface area contributed by atoms with E-state index >= 15 is 0 Å². The van der Waals surface area contributed by atoms with Crippen LogP contribution in [0, 0.1) is 0 Å². The number of esters is 2. The summed E-state index contributed by atoms with van der Waals surface area (Å²) in [5.74, 6) is -1.02. The van der Waals surface area contributed by atoms with Crippen molar-refractivity contribution in [1.29, 1.82) is 0 Å². The standard InChI is InChI=1S/C16H26O7/c1-11(17)5-7-15(19)21-9-13(3)23-14(4)10-22-16(20)8-6-12(2)18/h13-14H,5-10H2,1-4H3. The molecule has 0 aromatic rings. The first-order valence-electron chi connectivity index (χ1n) is 7.66. The van der Waals surface area contributed by atoms with Crippen molar-refractivity contribution >= 4 is 23.5 Å². The van der Waals surface area contributed by atoms with Gasteiger partial charge >= 0.3 is 11.9 Å². The Bertz CT molecular complexity index is 379. The quantitative estimate of drug-likeness (QED) is 0.501. The lowest BCUT2D eigenvalue weighted by Gasteiger charge is -2.19. The topological polar surface area (TPSA) is 96.0 Å². The Kier molecular flexibility index (Phi) is 10.9. The maximum absolute atomic E-state index is 11.4. The van der Waals surface area contributed by atoms with E-state index in [2.05, 4.69) is 0 Å². The Balaban J connectivity index is 3.82. The third kappa shape index (κ3) is 13.6. The van der Waals surface area contributed by atoms with Gasteiger partial charge < -0.3 is 23.8 Å². The fourth-order valence-electron chi connectivity index (χ4n) is 1.60. The molecule has 23 heavy (non-hydrogen) atoms. The first-order chi connectivity index (χ1) is 10.7. The molecule has 2 atom stereocenters. The zero-order chi connectivity index (χ0) is 17.8. The number of carbonyl (C=O) groups is 4. The maximum atomic E-state index is 11.4. The molecule has 0 spiro atoms. The third-order valence-electron chi connectivity index (χ3n) is 2.79. The summed E-state index contributed by atoms with van der Waals surface area (Å²) in [4.78, 5) is 44.2. The number of carbonyl (C=O) groups excluding carboxylic acids is 4. The predicted octanol–water partition coefficient (Wildman–Crippen LogP) is 1.60. The van der Waals surface area contributed by atoms with Crippen LogP contribution < -0.4 is 0 Å². The second-order valence-electron chi connectivity index (χ2n) is 5.53. The van der Waals surface area contributed by atoms with Crippen LogP contribution in [0.25, 0.3) is 0 Å². The number of rotatable bonds is 12. The Hall–Kier alpha value is -1.76. The van der Waals surface area contributed by atoms with Crippen molar-refractivity contribution in [2.24, 2.45) is 0 Å². The zero-order valence-corrected chi connectivity index (χ0v) is 14.3. The Morgan fingerprint density at radius 3 is 1.35 bits per heavy atom. The largest absolute Gasteiger partial charge is 0.463 e. The Labute approximate surface area is 136 Å². The molecule has 7 heteroatoms. The van der Waals surface area contributed by atoms with Gasteiger partial charge in [0.1, 0.15) is 24.8 Å². The molecule has 0 rings (SSSR count). The number of ketones is 2. The van der Waals surface area contributed by atoms with Crippen molar-refractivity contribution in [3.63, 3.8) is 0 Å². The second-order valence-corrected chi connectivity index (χ2v) is 5.53. The molecule has 0 amide bonds. The van der Waals surface area contributed by atoms with E-state index < -0.39 is 11.9 Å². The second kappa shape index (κ2) is 11.8. The van der Waals surface area contributed by atoms with Gasteiger partial charge in [-0.05, 0) is 27.7 Å². The summed E-state index contributed by atoms with van der Waals surface area (Å²) in [6, 6.07) is 0. The van der Waals surface area contributed by atoms with Crippen LogP contribution in [0.2, 0.25) is 0 Å². The van der Waals surface area contributed by atoms with E-state index in [1.54, 1.807) is 13.8 Å². The minimum absolute atomic E-state index is 0.0609. The van der Waals surface area contributed by atoms with Crippen molar-refractivity contribution in [1.82, 2.24) is 0 Å². The molecule has 0 heterocycles. The van der Waals surface area contributed by atoms with Gasteiger partial charge in [0.2, 0.25) is 0 Å². The van der Waals surface area contributed by atoms with Gasteiger partial charge in [0.25, 0.3) is 0 Å². The third-order valence-corrected chi connectivity index (χ3v) is 2.79. The zero-order valence-electron chi connectivity index (χ0n) is 14.3. The molecular formula is C16H26O7. The van der Waals surface area contributed by atoms with E-state index in [1.807, 2.05) is 0 Å². The molecular weight excluding hydrogens is 304 g/mol. The van der Waals surface area contributed by atoms with Crippen LogP contribution in [0.15, 0.2) is 0 Å². The number of ether oxygens (including phenoxy) is 3. The fourth-order valence-corrected chi connectivity index (χ4v) is 1.60. The monoisotopic (exact) mass is 330 g/mol. The summed E-state index contributed by atoms with van der Waals surface area (Å²) in [6.07, 6.45) is -0.262. The van der Waals surface area contributed by atoms with Crippen molar-refractivity contribution in [2.75, 3.05) is 13.2 Å². The van der Waals surface area contributed by atoms with Gasteiger partial charge in [-0.25, -0.2) is 0 Å². The molecule has 0 aromatic heterocycles. The number of Topliss-reactive ketones (excluding diaryl/α,β-unsaturated/α-hetero) is 2. The molecule has 0 aliphatic heterocycles. The molecule has 0 aliphatic rings. The van der Waals surface area contributed by atoms with E-state index in [9.17, 15) is 19.2 Å². The molecule has 0 bridgehead atoms. The van der Waals surface area contributed by atoms with Crippen molar-refractivity contribution < 1.29 is 33.4 Å². The summed E-state index contributed by atoms with van der Waals surface area (Å²) in [5.41, 5.74) is 0. The van der Waals surface area contributed by atoms with Gasteiger partial charge in [0, 0.05) is 12.8 Å². The van der Waals surface area contributed by atoms with Gasteiger partial charge in [-0.15, -0.1) is 0 Å². The lowest BCUT2D eigenvalue weighted by molar-refractivity contribution is -0.154. The van der Waals surface area contributed by atoms with Gasteiger partial charge in [0.05, 0.1) is 25.0 Å². The lowest BCUT2D eigenvalue weighted by Crippen LogP contribution is -2.27. The predicted molar refractivity (Wildman–Crippen MR) is 81.8 cm³/mol. The van der Waals surface area contributed by atoms with Crippen LogP contribution in [0.1, 0.15) is 53.4 Å². The summed E-state index contributed by atoms with van der Waals surface area (Å²) >= 11 is 0. The molecule has 7 nitrogen and oxygen atoms in total. The highest BCUT2D eigenvalue weighted by atomic mass is 16.6. The fraction of sp³-hybridized carbons (Fsp3) is 0.750. The molecule has 0 fully saturated rings. The minimum atomic E-state index is -0.445. The summed E-state index contributed by atoms with van der Waals surface area (Å²) < 4.78 is 15.5. The Morgan fingerprint density at radius 1 is 0.696 bits per heavy atom. The normalized spacial score (nSPS) is 13.0. The van der Waals surface area contributed by atoms with Crippen LogP contribution in [-0.4, -0.2) is 48.9 Å². The van der Waals surface area contributed by atoms with Crippen LogP contribution >= 0.6 is 0 Å². The molecule has 0 radical (unpaired) electrons. The van der Waals surface area contributed by atoms with E-state index in [4.69, 9.17) is 14.2 Å². The molecule has 0 N–H and O–H groups in total. The van der Waals surface area contributed by atoms with Gasteiger partial charge in [0.15, 0.2) is 0 Å². The van der Waals surface area contributed by atoms with E-state index in [-0.39, 0.29) is 62.7 Å². The molecule has 132 valence electrons. The summed E-state index contributed by atoms with van der Waals surface area (Å²) in [6.45, 7) is 6.42. The highest BCUT2D eigenvalue weighted by Gasteiger charge is 2.14. The molecule has 2 unspecified atom stereocenters. The highest BCUT2D eigenvalue weighted by Crippen LogP contribution is 2.03. The van der Waals surface area contributed by atoms with Crippen molar-refractivity contribution in [3.8, 4) is 0 Å². The van der Waals surface area contributed by atoms with Crippen LogP contribution in [0.4, 0.5) is 0 Å². The molecule has 0 aliphatic carbocycles. The molecule has 0 saturated carbocycles. The minimum Gasteiger partial charge on any atom is -0.463 e. The summed E-state index contributed by atoms with van der Waals surface area (Å²) in [5, 5.41) is 0. The Morgan fingerprint density at radius 2 is 1.04 bits per heavy atom. The highest BCUT2D eigenvalue weighted by molar-refractivity contribution is 5.81. The van der Waals surface area contributed by atoms with Crippen molar-refractivity contribution in [2.45, 2.75) is 65.6 Å². The van der Waals surface area contributed by atoms with E-state index in [0.717, 1.165) is 0 Å². The van der Waals surface area contributed by atoms with Crippen LogP contribution in [0.3, 0.4) is 0 Å². The average molecular weight is 330 g/mol. The average Bonchev–Trinajstić information content (AvgIpc) is 2.46. The number of hydrogen-bond donors (Lipinski definition) is 0. The first-order valence-corrected chi connectivity index (χ1v) is 7.66.